The van der Waals surface area contributed by atoms with Crippen molar-refractivity contribution in [2.24, 2.45) is 5.92 Å². The van der Waals surface area contributed by atoms with E-state index in [9.17, 15) is 18.7 Å². The summed E-state index contributed by atoms with van der Waals surface area (Å²) in [6.07, 6.45) is -0.474. The Morgan fingerprint density at radius 2 is 2.25 bits per heavy atom. The van der Waals surface area contributed by atoms with Gasteiger partial charge < -0.3 is 15.6 Å². The number of halogens is 2. The molecule has 1 saturated heterocycles. The Balaban J connectivity index is 2.50. The number of hydrogen-bond acceptors (Lipinski definition) is 5. The van der Waals surface area contributed by atoms with Crippen molar-refractivity contribution in [3.63, 3.8) is 0 Å². The van der Waals surface area contributed by atoms with Crippen molar-refractivity contribution in [1.82, 2.24) is 9.55 Å². The minimum absolute atomic E-state index is 0.0514. The Morgan fingerprint density at radius 3 is 2.70 bits per heavy atom. The Bertz CT molecular complexity index is 557. The number of aliphatic hydroxyl groups excluding tert-OH is 1. The summed E-state index contributed by atoms with van der Waals surface area (Å²) in [6.45, 7) is 2.40. The molecule has 8 heteroatoms. The molecule has 112 valence electrons. The lowest BCUT2D eigenvalue weighted by Crippen LogP contribution is -2.42. The summed E-state index contributed by atoms with van der Waals surface area (Å²) in [4.78, 5) is 15.1. The van der Waals surface area contributed by atoms with Gasteiger partial charge in [0, 0.05) is 6.20 Å². The third kappa shape index (κ3) is 1.99. The second-order valence-corrected chi connectivity index (χ2v) is 4.99. The van der Waals surface area contributed by atoms with Crippen molar-refractivity contribution in [3.8, 4) is 0 Å². The van der Waals surface area contributed by atoms with E-state index in [1.54, 1.807) is 6.92 Å². The van der Waals surface area contributed by atoms with Crippen LogP contribution in [0.1, 0.15) is 26.5 Å². The van der Waals surface area contributed by atoms with Gasteiger partial charge in [-0.1, -0.05) is 13.8 Å². The number of nitrogens with two attached hydrogens (primary N) is 1. The zero-order chi connectivity index (χ0) is 15.1. The molecule has 1 fully saturated rings. The summed E-state index contributed by atoms with van der Waals surface area (Å²) in [5.41, 5.74) is 3.04. The van der Waals surface area contributed by atoms with E-state index in [0.29, 0.717) is 4.57 Å². The molecular formula is C12H17F2N3O3. The molecule has 1 aliphatic heterocycles. The maximum Gasteiger partial charge on any atom is 0.351 e. The third-order valence-electron chi connectivity index (χ3n) is 4.01. The predicted molar refractivity (Wildman–Crippen MR) is 67.3 cm³/mol. The van der Waals surface area contributed by atoms with E-state index in [0.717, 1.165) is 6.20 Å². The molecule has 6 nitrogen and oxygen atoms in total. The highest BCUT2D eigenvalue weighted by Gasteiger charge is 2.64. The van der Waals surface area contributed by atoms with Crippen LogP contribution in [0.3, 0.4) is 0 Å². The number of alkyl halides is 2. The molecule has 3 atom stereocenters. The molecule has 2 heterocycles. The second kappa shape index (κ2) is 4.78. The summed E-state index contributed by atoms with van der Waals surface area (Å²) in [7, 11) is 0. The summed E-state index contributed by atoms with van der Waals surface area (Å²) in [6, 6.07) is 1.25. The van der Waals surface area contributed by atoms with Crippen LogP contribution in [0.5, 0.6) is 0 Å². The average Bonchev–Trinajstić information content (AvgIpc) is 2.60. The Kier molecular flexibility index (Phi) is 3.55. The highest BCUT2D eigenvalue weighted by Crippen LogP contribution is 2.52. The quantitative estimate of drug-likeness (QED) is 0.857. The lowest BCUT2D eigenvalue weighted by Gasteiger charge is -2.29. The molecule has 20 heavy (non-hydrogen) atoms. The molecule has 0 aromatic carbocycles. The van der Waals surface area contributed by atoms with E-state index < -0.39 is 36.0 Å². The van der Waals surface area contributed by atoms with Gasteiger partial charge in [-0.3, -0.25) is 4.57 Å². The highest BCUT2D eigenvalue weighted by molar-refractivity contribution is 5.23. The topological polar surface area (TPSA) is 90.4 Å². The first kappa shape index (κ1) is 14.9. The van der Waals surface area contributed by atoms with Crippen LogP contribution >= 0.6 is 0 Å². The van der Waals surface area contributed by atoms with E-state index in [1.807, 2.05) is 0 Å². The minimum Gasteiger partial charge on any atom is -0.393 e. The van der Waals surface area contributed by atoms with E-state index in [-0.39, 0.29) is 12.2 Å². The predicted octanol–water partition coefficient (Wildman–Crippen LogP) is 0.767. The van der Waals surface area contributed by atoms with E-state index in [2.05, 4.69) is 4.98 Å². The number of hydrogen-bond donors (Lipinski definition) is 2. The van der Waals surface area contributed by atoms with Crippen molar-refractivity contribution in [2.75, 3.05) is 12.3 Å². The van der Waals surface area contributed by atoms with Crippen LogP contribution < -0.4 is 11.4 Å². The molecule has 0 spiro atoms. The van der Waals surface area contributed by atoms with Crippen molar-refractivity contribution in [2.45, 2.75) is 38.0 Å². The number of aromatic nitrogens is 2. The SMILES string of the molecule is CC[C@]1(CO)O[C@@H](n2ccc(N)nc2=O)C(F)(F)[C@@H]1C. The largest absolute Gasteiger partial charge is 0.393 e. The maximum absolute atomic E-state index is 14.4. The summed E-state index contributed by atoms with van der Waals surface area (Å²) in [5.74, 6) is -4.59. The van der Waals surface area contributed by atoms with Gasteiger partial charge in [0.2, 0.25) is 6.23 Å². The van der Waals surface area contributed by atoms with Gasteiger partial charge in [-0.15, -0.1) is 0 Å². The number of nitrogens with zero attached hydrogens (tertiary/aromatic N) is 2. The van der Waals surface area contributed by atoms with Crippen molar-refractivity contribution < 1.29 is 18.6 Å². The standard InChI is InChI=1S/C12H17F2N3O3/c1-3-11(6-18)7(2)12(13,14)9(20-11)17-5-4-8(15)16-10(17)19/h4-5,7,9,18H,3,6H2,1-2H3,(H2,15,16,19)/t7-,9-,11-/m1/s1. The molecule has 0 bridgehead atoms. The van der Waals surface area contributed by atoms with E-state index >= 15 is 0 Å². The number of nitrogen functional groups attached to an aromatic ring is 1. The van der Waals surface area contributed by atoms with Gasteiger partial charge in [-0.2, -0.15) is 4.98 Å². The highest BCUT2D eigenvalue weighted by atomic mass is 19.3. The molecule has 0 amide bonds. The fourth-order valence-electron chi connectivity index (χ4n) is 2.49. The third-order valence-corrected chi connectivity index (χ3v) is 4.01. The van der Waals surface area contributed by atoms with Crippen LogP contribution in [0.4, 0.5) is 14.6 Å². The van der Waals surface area contributed by atoms with Crippen molar-refractivity contribution in [1.29, 1.82) is 0 Å². The molecule has 0 unspecified atom stereocenters. The number of ether oxygens (including phenoxy) is 1. The first-order valence-electron chi connectivity index (χ1n) is 6.29. The van der Waals surface area contributed by atoms with Gasteiger partial charge in [-0.25, -0.2) is 13.6 Å². The molecule has 0 saturated carbocycles. The van der Waals surface area contributed by atoms with Gasteiger partial charge in [0.1, 0.15) is 11.4 Å². The van der Waals surface area contributed by atoms with Crippen molar-refractivity contribution >= 4 is 5.82 Å². The van der Waals surface area contributed by atoms with Crippen LogP contribution in [0.25, 0.3) is 0 Å². The molecule has 3 N–H and O–H groups in total. The average molecular weight is 289 g/mol. The first-order chi connectivity index (χ1) is 9.28. The maximum atomic E-state index is 14.4. The molecule has 1 aromatic heterocycles. The Labute approximate surface area is 114 Å². The van der Waals surface area contributed by atoms with Crippen LogP contribution in [-0.2, 0) is 4.74 Å². The van der Waals surface area contributed by atoms with Gasteiger partial charge in [0.15, 0.2) is 0 Å². The van der Waals surface area contributed by atoms with Gasteiger partial charge >= 0.3 is 5.69 Å². The van der Waals surface area contributed by atoms with Gasteiger partial charge in [0.25, 0.3) is 5.92 Å². The first-order valence-corrected chi connectivity index (χ1v) is 6.29. The zero-order valence-electron chi connectivity index (χ0n) is 11.2. The lowest BCUT2D eigenvalue weighted by atomic mass is 9.85. The molecule has 0 radical (unpaired) electrons. The number of aliphatic hydroxyl groups is 1. The van der Waals surface area contributed by atoms with Crippen molar-refractivity contribution in [3.05, 3.63) is 22.7 Å². The van der Waals surface area contributed by atoms with Crippen LogP contribution in [0.2, 0.25) is 0 Å². The Morgan fingerprint density at radius 1 is 1.60 bits per heavy atom. The van der Waals surface area contributed by atoms with Crippen LogP contribution in [0.15, 0.2) is 17.1 Å². The fourth-order valence-corrected chi connectivity index (χ4v) is 2.49. The molecular weight excluding hydrogens is 272 g/mol. The minimum atomic E-state index is -3.31. The van der Waals surface area contributed by atoms with E-state index in [1.165, 1.54) is 13.0 Å². The Hall–Kier alpha value is -1.54. The summed E-state index contributed by atoms with van der Waals surface area (Å²) in [5, 5.41) is 9.42. The number of anilines is 1. The zero-order valence-corrected chi connectivity index (χ0v) is 11.2. The molecule has 1 aliphatic rings. The van der Waals surface area contributed by atoms with E-state index in [4.69, 9.17) is 10.5 Å². The lowest BCUT2D eigenvalue weighted by molar-refractivity contribution is -0.144. The van der Waals surface area contributed by atoms with Crippen LogP contribution in [0, 0.1) is 5.92 Å². The molecule has 2 rings (SSSR count). The number of rotatable bonds is 3. The second-order valence-electron chi connectivity index (χ2n) is 4.99. The molecule has 1 aromatic rings. The van der Waals surface area contributed by atoms with Crippen LogP contribution in [-0.4, -0.2) is 32.8 Å². The monoisotopic (exact) mass is 289 g/mol. The summed E-state index contributed by atoms with van der Waals surface area (Å²) < 4.78 is 34.8. The fraction of sp³-hybridized carbons (Fsp3) is 0.667. The van der Waals surface area contributed by atoms with Gasteiger partial charge in [0.05, 0.1) is 12.5 Å². The molecule has 0 aliphatic carbocycles. The van der Waals surface area contributed by atoms with Gasteiger partial charge in [-0.05, 0) is 12.5 Å². The smallest absolute Gasteiger partial charge is 0.351 e. The normalized spacial score (nSPS) is 32.5. The summed E-state index contributed by atoms with van der Waals surface area (Å²) >= 11 is 0.